The van der Waals surface area contributed by atoms with Crippen LogP contribution in [0.4, 0.5) is 4.39 Å². The Balaban J connectivity index is 2.21. The zero-order valence-electron chi connectivity index (χ0n) is 11.8. The molecule has 21 heavy (non-hydrogen) atoms. The van der Waals surface area contributed by atoms with Crippen LogP contribution in [0.15, 0.2) is 23.1 Å². The number of hydrogen-bond acceptors (Lipinski definition) is 4. The molecule has 2 N–H and O–H groups in total. The van der Waals surface area contributed by atoms with Crippen molar-refractivity contribution in [2.45, 2.75) is 18.4 Å². The lowest BCUT2D eigenvalue weighted by Gasteiger charge is -2.33. The summed E-state index contributed by atoms with van der Waals surface area (Å²) in [7, 11) is -3.69. The molecule has 0 spiro atoms. The number of piperazine rings is 1. The van der Waals surface area contributed by atoms with E-state index in [9.17, 15) is 17.6 Å². The Labute approximate surface area is 123 Å². The molecule has 1 aliphatic rings. The van der Waals surface area contributed by atoms with Crippen LogP contribution >= 0.6 is 0 Å². The lowest BCUT2D eigenvalue weighted by Crippen LogP contribution is -2.49. The van der Waals surface area contributed by atoms with E-state index in [-0.39, 0.29) is 36.0 Å². The molecule has 2 rings (SSSR count). The topological polar surface area (TPSA) is 83.7 Å². The quantitative estimate of drug-likeness (QED) is 0.860. The first-order chi connectivity index (χ1) is 9.86. The first kappa shape index (κ1) is 15.9. The summed E-state index contributed by atoms with van der Waals surface area (Å²) >= 11 is 0. The number of carbonyl (C=O) groups is 1. The Kier molecular flexibility index (Phi) is 4.60. The molecule has 1 aromatic carbocycles. The number of nitrogens with two attached hydrogens (primary N) is 1. The largest absolute Gasteiger partial charge is 0.340 e. The van der Waals surface area contributed by atoms with Gasteiger partial charge >= 0.3 is 0 Å². The number of halogens is 1. The van der Waals surface area contributed by atoms with Crippen molar-refractivity contribution in [2.75, 3.05) is 26.2 Å². The summed E-state index contributed by atoms with van der Waals surface area (Å²) in [5.41, 5.74) is 5.57. The number of benzene rings is 1. The van der Waals surface area contributed by atoms with Crippen LogP contribution in [0.2, 0.25) is 0 Å². The second kappa shape index (κ2) is 6.08. The minimum absolute atomic E-state index is 0.0284. The van der Waals surface area contributed by atoms with Crippen LogP contribution in [0, 0.1) is 5.82 Å². The van der Waals surface area contributed by atoms with Crippen molar-refractivity contribution < 1.29 is 17.6 Å². The fourth-order valence-electron chi connectivity index (χ4n) is 2.26. The maximum Gasteiger partial charge on any atom is 0.243 e. The molecule has 0 aliphatic carbocycles. The second-order valence-electron chi connectivity index (χ2n) is 4.87. The van der Waals surface area contributed by atoms with E-state index in [0.717, 1.165) is 6.07 Å². The average molecular weight is 315 g/mol. The highest BCUT2D eigenvalue weighted by atomic mass is 32.2. The van der Waals surface area contributed by atoms with Crippen LogP contribution in [0.25, 0.3) is 0 Å². The fourth-order valence-corrected chi connectivity index (χ4v) is 3.73. The summed E-state index contributed by atoms with van der Waals surface area (Å²) in [6.45, 7) is 2.58. The maximum atomic E-state index is 13.4. The summed E-state index contributed by atoms with van der Waals surface area (Å²) < 4.78 is 39.7. The lowest BCUT2D eigenvalue weighted by molar-refractivity contribution is -0.129. The van der Waals surface area contributed by atoms with Gasteiger partial charge in [-0.15, -0.1) is 0 Å². The highest BCUT2D eigenvalue weighted by Gasteiger charge is 2.29. The van der Waals surface area contributed by atoms with Gasteiger partial charge in [-0.2, -0.15) is 4.31 Å². The number of rotatable bonds is 3. The standard InChI is InChI=1S/C13H18FN3O3S/c1-10(18)16-4-6-17(7-5-16)21(19,20)12-2-3-13(14)11(8-12)9-15/h2-3,8H,4-7,9,15H2,1H3. The molecule has 6 nitrogen and oxygen atoms in total. The molecule has 0 atom stereocenters. The molecule has 1 saturated heterocycles. The van der Waals surface area contributed by atoms with Crippen molar-refractivity contribution in [1.82, 2.24) is 9.21 Å². The van der Waals surface area contributed by atoms with E-state index >= 15 is 0 Å². The average Bonchev–Trinajstić information content (AvgIpc) is 2.47. The minimum Gasteiger partial charge on any atom is -0.340 e. The molecule has 0 bridgehead atoms. The van der Waals surface area contributed by atoms with Gasteiger partial charge in [-0.3, -0.25) is 4.79 Å². The molecule has 1 aromatic rings. The molecule has 1 heterocycles. The van der Waals surface area contributed by atoms with E-state index < -0.39 is 15.8 Å². The molecule has 8 heteroatoms. The normalized spacial score (nSPS) is 17.0. The Hall–Kier alpha value is -1.51. The molecular formula is C13H18FN3O3S. The predicted octanol–water partition coefficient (Wildman–Crippen LogP) is 0.137. The summed E-state index contributed by atoms with van der Waals surface area (Å²) in [5, 5.41) is 0. The summed E-state index contributed by atoms with van der Waals surface area (Å²) in [5.74, 6) is -0.586. The van der Waals surface area contributed by atoms with Crippen molar-refractivity contribution in [3.8, 4) is 0 Å². The van der Waals surface area contributed by atoms with Gasteiger partial charge in [-0.25, -0.2) is 12.8 Å². The van der Waals surface area contributed by atoms with E-state index in [1.807, 2.05) is 0 Å². The lowest BCUT2D eigenvalue weighted by atomic mass is 10.2. The zero-order valence-corrected chi connectivity index (χ0v) is 12.6. The van der Waals surface area contributed by atoms with Crippen LogP contribution in [0.3, 0.4) is 0 Å². The van der Waals surface area contributed by atoms with Gasteiger partial charge < -0.3 is 10.6 Å². The molecule has 1 aliphatic heterocycles. The highest BCUT2D eigenvalue weighted by Crippen LogP contribution is 2.20. The van der Waals surface area contributed by atoms with Crippen molar-refractivity contribution in [3.05, 3.63) is 29.6 Å². The van der Waals surface area contributed by atoms with Gasteiger partial charge in [0, 0.05) is 45.2 Å². The fraction of sp³-hybridized carbons (Fsp3) is 0.462. The van der Waals surface area contributed by atoms with E-state index in [1.165, 1.54) is 23.4 Å². The van der Waals surface area contributed by atoms with E-state index in [4.69, 9.17) is 5.73 Å². The number of hydrogen-bond donors (Lipinski definition) is 1. The maximum absolute atomic E-state index is 13.4. The van der Waals surface area contributed by atoms with Crippen LogP contribution < -0.4 is 5.73 Å². The molecule has 1 amide bonds. The van der Waals surface area contributed by atoms with Gasteiger partial charge in [-0.1, -0.05) is 0 Å². The molecule has 0 saturated carbocycles. The van der Waals surface area contributed by atoms with Crippen LogP contribution in [-0.4, -0.2) is 49.7 Å². The second-order valence-corrected chi connectivity index (χ2v) is 6.81. The smallest absolute Gasteiger partial charge is 0.243 e. The third-order valence-corrected chi connectivity index (χ3v) is 5.45. The highest BCUT2D eigenvalue weighted by molar-refractivity contribution is 7.89. The zero-order chi connectivity index (χ0) is 15.6. The van der Waals surface area contributed by atoms with Crippen LogP contribution in [-0.2, 0) is 21.4 Å². The van der Waals surface area contributed by atoms with Crippen molar-refractivity contribution in [3.63, 3.8) is 0 Å². The van der Waals surface area contributed by atoms with E-state index in [1.54, 1.807) is 4.90 Å². The third-order valence-electron chi connectivity index (χ3n) is 3.56. The number of amides is 1. The summed E-state index contributed by atoms with van der Waals surface area (Å²) in [4.78, 5) is 12.9. The van der Waals surface area contributed by atoms with Crippen molar-refractivity contribution in [2.24, 2.45) is 5.73 Å². The van der Waals surface area contributed by atoms with Gasteiger partial charge in [0.05, 0.1) is 4.90 Å². The summed E-state index contributed by atoms with van der Waals surface area (Å²) in [6.07, 6.45) is 0. The molecule has 1 fully saturated rings. The first-order valence-electron chi connectivity index (χ1n) is 6.60. The van der Waals surface area contributed by atoms with Gasteiger partial charge in [-0.05, 0) is 18.2 Å². The monoisotopic (exact) mass is 315 g/mol. The molecule has 0 radical (unpaired) electrons. The Morgan fingerprint density at radius 3 is 2.43 bits per heavy atom. The van der Waals surface area contributed by atoms with Crippen LogP contribution in [0.5, 0.6) is 0 Å². The molecule has 116 valence electrons. The SMILES string of the molecule is CC(=O)N1CCN(S(=O)(=O)c2ccc(F)c(CN)c2)CC1. The predicted molar refractivity (Wildman–Crippen MR) is 75.3 cm³/mol. The molecule has 0 unspecified atom stereocenters. The Bertz CT molecular complexity index is 640. The summed E-state index contributed by atoms with van der Waals surface area (Å²) in [6, 6.07) is 3.62. The van der Waals surface area contributed by atoms with Crippen LogP contribution in [0.1, 0.15) is 12.5 Å². The number of carbonyl (C=O) groups excluding carboxylic acids is 1. The Morgan fingerprint density at radius 2 is 1.90 bits per heavy atom. The van der Waals surface area contributed by atoms with Gasteiger partial charge in [0.15, 0.2) is 0 Å². The van der Waals surface area contributed by atoms with Gasteiger partial charge in [0.1, 0.15) is 5.82 Å². The third kappa shape index (κ3) is 3.22. The Morgan fingerprint density at radius 1 is 1.29 bits per heavy atom. The van der Waals surface area contributed by atoms with Crippen molar-refractivity contribution >= 4 is 15.9 Å². The van der Waals surface area contributed by atoms with E-state index in [0.29, 0.717) is 13.1 Å². The number of nitrogens with zero attached hydrogens (tertiary/aromatic N) is 2. The number of sulfonamides is 1. The van der Waals surface area contributed by atoms with Gasteiger partial charge in [0.2, 0.25) is 15.9 Å². The molecule has 0 aromatic heterocycles. The first-order valence-corrected chi connectivity index (χ1v) is 8.04. The molecular weight excluding hydrogens is 297 g/mol. The van der Waals surface area contributed by atoms with Gasteiger partial charge in [0.25, 0.3) is 0 Å². The van der Waals surface area contributed by atoms with Crippen molar-refractivity contribution in [1.29, 1.82) is 0 Å². The van der Waals surface area contributed by atoms with E-state index in [2.05, 4.69) is 0 Å². The minimum atomic E-state index is -3.69.